The summed E-state index contributed by atoms with van der Waals surface area (Å²) in [7, 11) is 0. The Morgan fingerprint density at radius 3 is 2.77 bits per heavy atom. The molecule has 0 aliphatic heterocycles. The molecule has 0 aromatic heterocycles. The molecule has 0 amide bonds. The van der Waals surface area contributed by atoms with E-state index in [1.165, 1.54) is 5.56 Å². The van der Waals surface area contributed by atoms with Crippen molar-refractivity contribution >= 4 is 0 Å². The molecule has 0 spiro atoms. The first-order valence-electron chi connectivity index (χ1n) is 4.87. The van der Waals surface area contributed by atoms with E-state index in [2.05, 4.69) is 19.9 Å². The van der Waals surface area contributed by atoms with Crippen molar-refractivity contribution in [1.82, 2.24) is 0 Å². The minimum absolute atomic E-state index is 0.0361. The van der Waals surface area contributed by atoms with Crippen molar-refractivity contribution in [3.8, 4) is 0 Å². The van der Waals surface area contributed by atoms with Crippen LogP contribution in [0.25, 0.3) is 0 Å². The molecule has 0 saturated heterocycles. The minimum atomic E-state index is -0.294. The largest absolute Gasteiger partial charge is 0.388 e. The molecule has 1 aliphatic rings. The Kier molecular flexibility index (Phi) is 1.92. The Morgan fingerprint density at radius 1 is 1.31 bits per heavy atom. The number of aliphatic hydroxyl groups is 1. The zero-order valence-corrected chi connectivity index (χ0v) is 8.25. The third-order valence-electron chi connectivity index (χ3n) is 3.13. The van der Waals surface area contributed by atoms with Crippen molar-refractivity contribution in [3.63, 3.8) is 0 Å². The van der Waals surface area contributed by atoms with Gasteiger partial charge in [0.1, 0.15) is 0 Å². The fraction of sp³-hybridized carbons (Fsp3) is 0.500. The zero-order valence-electron chi connectivity index (χ0n) is 8.25. The maximum atomic E-state index is 10.1. The summed E-state index contributed by atoms with van der Waals surface area (Å²) < 4.78 is 0. The number of hydrogen-bond donors (Lipinski definition) is 1. The van der Waals surface area contributed by atoms with E-state index < -0.39 is 0 Å². The van der Waals surface area contributed by atoms with Crippen LogP contribution in [0.5, 0.6) is 0 Å². The average Bonchev–Trinajstić information content (AvgIpc) is 2.13. The monoisotopic (exact) mass is 176 g/mol. The Balaban J connectivity index is 2.45. The highest BCUT2D eigenvalue weighted by atomic mass is 16.3. The number of aryl methyl sites for hydroxylation is 1. The summed E-state index contributed by atoms with van der Waals surface area (Å²) in [6.07, 6.45) is 1.88. The van der Waals surface area contributed by atoms with E-state index in [-0.39, 0.29) is 11.5 Å². The van der Waals surface area contributed by atoms with E-state index in [1.807, 2.05) is 18.2 Å². The van der Waals surface area contributed by atoms with Crippen LogP contribution in [0.4, 0.5) is 0 Å². The highest BCUT2D eigenvalue weighted by molar-refractivity contribution is 5.32. The number of aliphatic hydroxyl groups excluding tert-OH is 1. The molecule has 0 bridgehead atoms. The molecule has 2 rings (SSSR count). The molecule has 1 heteroatoms. The molecule has 1 aromatic carbocycles. The van der Waals surface area contributed by atoms with Gasteiger partial charge in [-0.1, -0.05) is 38.1 Å². The van der Waals surface area contributed by atoms with Gasteiger partial charge < -0.3 is 5.11 Å². The fourth-order valence-corrected chi connectivity index (χ4v) is 2.04. The number of benzene rings is 1. The molecular formula is C12H16O. The summed E-state index contributed by atoms with van der Waals surface area (Å²) in [4.78, 5) is 0. The molecule has 1 atom stereocenters. The van der Waals surface area contributed by atoms with Crippen LogP contribution in [0.3, 0.4) is 0 Å². The van der Waals surface area contributed by atoms with Crippen LogP contribution in [0, 0.1) is 5.41 Å². The fourth-order valence-electron chi connectivity index (χ4n) is 2.04. The van der Waals surface area contributed by atoms with Gasteiger partial charge in [0.2, 0.25) is 0 Å². The summed E-state index contributed by atoms with van der Waals surface area (Å²) in [5.41, 5.74) is 2.47. The maximum Gasteiger partial charge on any atom is 0.0843 e. The molecule has 1 unspecified atom stereocenters. The van der Waals surface area contributed by atoms with E-state index in [0.29, 0.717) is 0 Å². The Bertz CT molecular complexity index is 315. The number of hydrogen-bond acceptors (Lipinski definition) is 1. The summed E-state index contributed by atoms with van der Waals surface area (Å²) in [6.45, 7) is 4.27. The van der Waals surface area contributed by atoms with Crippen LogP contribution in [0.1, 0.15) is 37.5 Å². The van der Waals surface area contributed by atoms with Gasteiger partial charge in [0.25, 0.3) is 0 Å². The van der Waals surface area contributed by atoms with Crippen molar-refractivity contribution in [2.45, 2.75) is 32.8 Å². The molecule has 1 N–H and O–H groups in total. The van der Waals surface area contributed by atoms with Crippen LogP contribution >= 0.6 is 0 Å². The molecule has 0 saturated carbocycles. The van der Waals surface area contributed by atoms with Gasteiger partial charge in [-0.25, -0.2) is 0 Å². The van der Waals surface area contributed by atoms with Gasteiger partial charge in [-0.15, -0.1) is 0 Å². The molecule has 0 fully saturated rings. The van der Waals surface area contributed by atoms with E-state index >= 15 is 0 Å². The third-order valence-corrected chi connectivity index (χ3v) is 3.13. The van der Waals surface area contributed by atoms with E-state index in [1.54, 1.807) is 0 Å². The van der Waals surface area contributed by atoms with Crippen LogP contribution in [0.2, 0.25) is 0 Å². The number of rotatable bonds is 0. The first kappa shape index (κ1) is 8.76. The normalized spacial score (nSPS) is 25.3. The SMILES string of the molecule is CC1(C)CCc2ccccc2C1O. The van der Waals surface area contributed by atoms with Crippen molar-refractivity contribution in [2.24, 2.45) is 5.41 Å². The van der Waals surface area contributed by atoms with Crippen molar-refractivity contribution < 1.29 is 5.11 Å². The second-order valence-electron chi connectivity index (χ2n) is 4.59. The van der Waals surface area contributed by atoms with E-state index in [9.17, 15) is 5.11 Å². The van der Waals surface area contributed by atoms with Gasteiger partial charge in [-0.05, 0) is 29.4 Å². The lowest BCUT2D eigenvalue weighted by Gasteiger charge is -2.36. The average molecular weight is 176 g/mol. The highest BCUT2D eigenvalue weighted by Gasteiger charge is 2.33. The Hall–Kier alpha value is -0.820. The lowest BCUT2D eigenvalue weighted by molar-refractivity contribution is 0.0340. The molecule has 13 heavy (non-hydrogen) atoms. The molecule has 1 aromatic rings. The maximum absolute atomic E-state index is 10.1. The van der Waals surface area contributed by atoms with Crippen molar-refractivity contribution in [2.75, 3.05) is 0 Å². The number of fused-ring (bicyclic) bond motifs is 1. The van der Waals surface area contributed by atoms with Gasteiger partial charge in [0.15, 0.2) is 0 Å². The molecule has 0 radical (unpaired) electrons. The van der Waals surface area contributed by atoms with Gasteiger partial charge in [0, 0.05) is 0 Å². The summed E-state index contributed by atoms with van der Waals surface area (Å²) in [5, 5.41) is 10.1. The smallest absolute Gasteiger partial charge is 0.0843 e. The minimum Gasteiger partial charge on any atom is -0.388 e. The van der Waals surface area contributed by atoms with Crippen LogP contribution < -0.4 is 0 Å². The molecule has 1 nitrogen and oxygen atoms in total. The third kappa shape index (κ3) is 1.37. The standard InChI is InChI=1S/C12H16O/c1-12(2)8-7-9-5-3-4-6-10(9)11(12)13/h3-6,11,13H,7-8H2,1-2H3. The van der Waals surface area contributed by atoms with Crippen LogP contribution in [0.15, 0.2) is 24.3 Å². The predicted molar refractivity (Wildman–Crippen MR) is 53.5 cm³/mol. The van der Waals surface area contributed by atoms with Crippen molar-refractivity contribution in [1.29, 1.82) is 0 Å². The van der Waals surface area contributed by atoms with Gasteiger partial charge in [-0.2, -0.15) is 0 Å². The topological polar surface area (TPSA) is 20.2 Å². The summed E-state index contributed by atoms with van der Waals surface area (Å²) in [6, 6.07) is 8.21. The lowest BCUT2D eigenvalue weighted by Crippen LogP contribution is -2.27. The molecule has 1 aliphatic carbocycles. The Morgan fingerprint density at radius 2 is 2.00 bits per heavy atom. The summed E-state index contributed by atoms with van der Waals surface area (Å²) >= 11 is 0. The molecular weight excluding hydrogens is 160 g/mol. The second-order valence-corrected chi connectivity index (χ2v) is 4.59. The van der Waals surface area contributed by atoms with Crippen LogP contribution in [-0.4, -0.2) is 5.11 Å². The Labute approximate surface area is 79.4 Å². The van der Waals surface area contributed by atoms with Gasteiger partial charge in [-0.3, -0.25) is 0 Å². The first-order chi connectivity index (χ1) is 6.11. The quantitative estimate of drug-likeness (QED) is 0.644. The molecule has 0 heterocycles. The highest BCUT2D eigenvalue weighted by Crippen LogP contribution is 2.42. The zero-order chi connectivity index (χ0) is 9.47. The van der Waals surface area contributed by atoms with Crippen LogP contribution in [-0.2, 0) is 6.42 Å². The van der Waals surface area contributed by atoms with E-state index in [4.69, 9.17) is 0 Å². The van der Waals surface area contributed by atoms with Crippen molar-refractivity contribution in [3.05, 3.63) is 35.4 Å². The van der Waals surface area contributed by atoms with Gasteiger partial charge >= 0.3 is 0 Å². The van der Waals surface area contributed by atoms with Gasteiger partial charge in [0.05, 0.1) is 6.10 Å². The molecule has 70 valence electrons. The first-order valence-corrected chi connectivity index (χ1v) is 4.87. The van der Waals surface area contributed by atoms with E-state index in [0.717, 1.165) is 18.4 Å². The lowest BCUT2D eigenvalue weighted by atomic mass is 9.72. The predicted octanol–water partition coefficient (Wildman–Crippen LogP) is 2.69. The summed E-state index contributed by atoms with van der Waals surface area (Å²) in [5.74, 6) is 0. The second kappa shape index (κ2) is 2.85.